The third-order valence-electron chi connectivity index (χ3n) is 3.50. The Morgan fingerprint density at radius 1 is 1.53 bits per heavy atom. The zero-order valence-electron chi connectivity index (χ0n) is 9.87. The van der Waals surface area contributed by atoms with Gasteiger partial charge in [0, 0.05) is 23.8 Å². The molecule has 1 fully saturated rings. The van der Waals surface area contributed by atoms with E-state index in [4.69, 9.17) is 5.73 Å². The number of rotatable bonds is 2. The van der Waals surface area contributed by atoms with Crippen LogP contribution in [0.15, 0.2) is 21.2 Å². The smallest absolute Gasteiger partial charge is 0.142 e. The van der Waals surface area contributed by atoms with Crippen LogP contribution in [-0.4, -0.2) is 24.6 Å². The van der Waals surface area contributed by atoms with Crippen molar-refractivity contribution in [2.75, 3.05) is 24.5 Å². The molecule has 1 aliphatic heterocycles. The molecule has 2 N–H and O–H groups in total. The zero-order chi connectivity index (χ0) is 12.4. The Bertz CT molecular complexity index is 397. The maximum absolute atomic E-state index is 5.83. The van der Waals surface area contributed by atoms with Crippen LogP contribution in [-0.2, 0) is 0 Å². The number of hydrogen-bond acceptors (Lipinski definition) is 3. The van der Waals surface area contributed by atoms with Crippen molar-refractivity contribution in [3.63, 3.8) is 0 Å². The summed E-state index contributed by atoms with van der Waals surface area (Å²) in [7, 11) is 0. The predicted molar refractivity (Wildman–Crippen MR) is 78.2 cm³/mol. The monoisotopic (exact) mass is 361 g/mol. The van der Waals surface area contributed by atoms with Crippen LogP contribution in [0.5, 0.6) is 0 Å². The largest absolute Gasteiger partial charge is 0.355 e. The van der Waals surface area contributed by atoms with Gasteiger partial charge < -0.3 is 10.6 Å². The first-order chi connectivity index (χ1) is 8.11. The van der Waals surface area contributed by atoms with Gasteiger partial charge >= 0.3 is 0 Å². The van der Waals surface area contributed by atoms with Crippen LogP contribution in [0.4, 0.5) is 5.82 Å². The number of aromatic nitrogens is 1. The number of piperidine rings is 1. The number of anilines is 1. The average Bonchev–Trinajstić information content (AvgIpc) is 2.30. The molecule has 0 saturated carbocycles. The molecule has 2 atom stereocenters. The highest BCUT2D eigenvalue weighted by Gasteiger charge is 2.26. The molecule has 1 aromatic rings. The lowest BCUT2D eigenvalue weighted by molar-refractivity contribution is 0.306. The van der Waals surface area contributed by atoms with Crippen LogP contribution in [0.1, 0.15) is 13.3 Å². The van der Waals surface area contributed by atoms with E-state index < -0.39 is 0 Å². The van der Waals surface area contributed by atoms with Crippen molar-refractivity contribution in [1.82, 2.24) is 4.98 Å². The van der Waals surface area contributed by atoms with Crippen molar-refractivity contribution in [3.05, 3.63) is 21.2 Å². The number of pyridine rings is 1. The van der Waals surface area contributed by atoms with Gasteiger partial charge in [0.1, 0.15) is 5.82 Å². The Labute approximate surface area is 119 Å². The van der Waals surface area contributed by atoms with E-state index in [1.165, 1.54) is 6.42 Å². The lowest BCUT2D eigenvalue weighted by atomic mass is 9.87. The zero-order valence-corrected chi connectivity index (χ0v) is 13.0. The van der Waals surface area contributed by atoms with E-state index in [1.54, 1.807) is 0 Å². The van der Waals surface area contributed by atoms with Gasteiger partial charge in [-0.2, -0.15) is 0 Å². The second kappa shape index (κ2) is 5.67. The third-order valence-corrected chi connectivity index (χ3v) is 4.52. The normalized spacial score (nSPS) is 25.1. The summed E-state index contributed by atoms with van der Waals surface area (Å²) in [4.78, 5) is 6.81. The quantitative estimate of drug-likeness (QED) is 0.879. The predicted octanol–water partition coefficient (Wildman–Crippen LogP) is 3.03. The van der Waals surface area contributed by atoms with Gasteiger partial charge in [-0.15, -0.1) is 0 Å². The molecule has 0 radical (unpaired) electrons. The molecule has 17 heavy (non-hydrogen) atoms. The van der Waals surface area contributed by atoms with E-state index in [2.05, 4.69) is 48.7 Å². The second-order valence-electron chi connectivity index (χ2n) is 4.67. The summed E-state index contributed by atoms with van der Waals surface area (Å²) >= 11 is 7.00. The molecule has 2 unspecified atom stereocenters. The van der Waals surface area contributed by atoms with E-state index in [-0.39, 0.29) is 0 Å². The van der Waals surface area contributed by atoms with Gasteiger partial charge in [-0.1, -0.05) is 6.92 Å². The SMILES string of the molecule is CC1CCN(c2ncc(Br)cc2Br)CC1CN. The van der Waals surface area contributed by atoms with Gasteiger partial charge in [0.05, 0.1) is 4.47 Å². The average molecular weight is 363 g/mol. The van der Waals surface area contributed by atoms with E-state index in [0.717, 1.165) is 34.4 Å². The lowest BCUT2D eigenvalue weighted by Crippen LogP contribution is -2.43. The Hall–Kier alpha value is -0.130. The number of halogens is 2. The standard InChI is InChI=1S/C12H17Br2N3/c1-8-2-3-17(7-9(8)5-15)12-11(14)4-10(13)6-16-12/h4,6,8-9H,2-3,5,7,15H2,1H3. The van der Waals surface area contributed by atoms with Crippen molar-refractivity contribution in [2.45, 2.75) is 13.3 Å². The molecule has 3 nitrogen and oxygen atoms in total. The van der Waals surface area contributed by atoms with Gasteiger partial charge in [0.2, 0.25) is 0 Å². The van der Waals surface area contributed by atoms with Crippen LogP contribution in [0.2, 0.25) is 0 Å². The summed E-state index contributed by atoms with van der Waals surface area (Å²) in [5.74, 6) is 2.31. The molecule has 2 heterocycles. The first-order valence-electron chi connectivity index (χ1n) is 5.88. The maximum Gasteiger partial charge on any atom is 0.142 e. The summed E-state index contributed by atoms with van der Waals surface area (Å²) in [6.07, 6.45) is 3.03. The van der Waals surface area contributed by atoms with Gasteiger partial charge in [-0.3, -0.25) is 0 Å². The van der Waals surface area contributed by atoms with Crippen molar-refractivity contribution in [3.8, 4) is 0 Å². The van der Waals surface area contributed by atoms with Crippen LogP contribution in [0.25, 0.3) is 0 Å². The van der Waals surface area contributed by atoms with Gasteiger partial charge in [-0.25, -0.2) is 4.98 Å². The molecule has 5 heteroatoms. The van der Waals surface area contributed by atoms with E-state index in [0.29, 0.717) is 11.8 Å². The number of hydrogen-bond donors (Lipinski definition) is 1. The molecule has 94 valence electrons. The fraction of sp³-hybridized carbons (Fsp3) is 0.583. The molecule has 0 spiro atoms. The minimum atomic E-state index is 0.570. The minimum absolute atomic E-state index is 0.570. The molecule has 0 amide bonds. The molecule has 1 aliphatic rings. The second-order valence-corrected chi connectivity index (χ2v) is 6.44. The fourth-order valence-corrected chi connectivity index (χ4v) is 3.53. The minimum Gasteiger partial charge on any atom is -0.355 e. The van der Waals surface area contributed by atoms with Crippen molar-refractivity contribution >= 4 is 37.7 Å². The highest BCUT2D eigenvalue weighted by atomic mass is 79.9. The number of nitrogens with two attached hydrogens (primary N) is 1. The Balaban J connectivity index is 2.17. The summed E-state index contributed by atoms with van der Waals surface area (Å²) < 4.78 is 2.03. The highest BCUT2D eigenvalue weighted by Crippen LogP contribution is 2.31. The van der Waals surface area contributed by atoms with Gasteiger partial charge in [0.15, 0.2) is 0 Å². The summed E-state index contributed by atoms with van der Waals surface area (Å²) in [5, 5.41) is 0. The van der Waals surface area contributed by atoms with Crippen molar-refractivity contribution in [1.29, 1.82) is 0 Å². The summed E-state index contributed by atoms with van der Waals surface area (Å²) in [6.45, 7) is 5.11. The Morgan fingerprint density at radius 3 is 2.94 bits per heavy atom. The van der Waals surface area contributed by atoms with Crippen LogP contribution < -0.4 is 10.6 Å². The van der Waals surface area contributed by atoms with Crippen LogP contribution >= 0.6 is 31.9 Å². The molecule has 1 saturated heterocycles. The van der Waals surface area contributed by atoms with Crippen LogP contribution in [0.3, 0.4) is 0 Å². The van der Waals surface area contributed by atoms with E-state index >= 15 is 0 Å². The molecular formula is C12H17Br2N3. The maximum atomic E-state index is 5.83. The Morgan fingerprint density at radius 2 is 2.29 bits per heavy atom. The van der Waals surface area contributed by atoms with Gasteiger partial charge in [-0.05, 0) is 62.7 Å². The molecule has 0 aliphatic carbocycles. The molecule has 0 aromatic carbocycles. The third kappa shape index (κ3) is 3.01. The lowest BCUT2D eigenvalue weighted by Gasteiger charge is -2.37. The van der Waals surface area contributed by atoms with Crippen LogP contribution in [0, 0.1) is 11.8 Å². The molecule has 1 aromatic heterocycles. The summed E-state index contributed by atoms with van der Waals surface area (Å²) in [6, 6.07) is 2.04. The van der Waals surface area contributed by atoms with Crippen molar-refractivity contribution < 1.29 is 0 Å². The van der Waals surface area contributed by atoms with E-state index in [9.17, 15) is 0 Å². The molecule has 0 bridgehead atoms. The number of nitrogens with zero attached hydrogens (tertiary/aromatic N) is 2. The molecular weight excluding hydrogens is 346 g/mol. The topological polar surface area (TPSA) is 42.2 Å². The van der Waals surface area contributed by atoms with Gasteiger partial charge in [0.25, 0.3) is 0 Å². The fourth-order valence-electron chi connectivity index (χ4n) is 2.29. The van der Waals surface area contributed by atoms with E-state index in [1.807, 2.05) is 12.3 Å². The summed E-state index contributed by atoms with van der Waals surface area (Å²) in [5.41, 5.74) is 5.83. The van der Waals surface area contributed by atoms with Crippen molar-refractivity contribution in [2.24, 2.45) is 17.6 Å². The first-order valence-corrected chi connectivity index (χ1v) is 7.46. The Kier molecular flexibility index (Phi) is 4.44. The highest BCUT2D eigenvalue weighted by molar-refractivity contribution is 9.11. The molecule has 2 rings (SSSR count). The first kappa shape index (κ1) is 13.3.